The van der Waals surface area contributed by atoms with Crippen LogP contribution in [-0.2, 0) is 0 Å². The number of aliphatic hydroxyl groups excluding tert-OH is 1. The fourth-order valence-electron chi connectivity index (χ4n) is 2.57. The van der Waals surface area contributed by atoms with Crippen LogP contribution in [0.3, 0.4) is 0 Å². The van der Waals surface area contributed by atoms with Crippen molar-refractivity contribution in [3.05, 3.63) is 0 Å². The van der Waals surface area contributed by atoms with Gasteiger partial charge in [0.05, 0.1) is 13.2 Å². The summed E-state index contributed by atoms with van der Waals surface area (Å²) in [6.07, 6.45) is 3.15. The van der Waals surface area contributed by atoms with Gasteiger partial charge in [-0.2, -0.15) is 11.8 Å². The number of nitrogens with zero attached hydrogens (tertiary/aromatic N) is 2. The van der Waals surface area contributed by atoms with Gasteiger partial charge in [-0.1, -0.05) is 20.8 Å². The molecule has 0 amide bonds. The highest BCUT2D eigenvalue weighted by Gasteiger charge is 2.26. The zero-order valence-corrected chi connectivity index (χ0v) is 17.7. The molecule has 6 heteroatoms. The normalized spacial score (nSPS) is 19.8. The summed E-state index contributed by atoms with van der Waals surface area (Å²) < 4.78 is 0. The van der Waals surface area contributed by atoms with Gasteiger partial charge in [-0.25, -0.2) is 0 Å². The average molecular weight is 443 g/mol. The van der Waals surface area contributed by atoms with E-state index < -0.39 is 0 Å². The van der Waals surface area contributed by atoms with Crippen molar-refractivity contribution in [3.63, 3.8) is 0 Å². The summed E-state index contributed by atoms with van der Waals surface area (Å²) in [7, 11) is 0. The predicted molar refractivity (Wildman–Crippen MR) is 110 cm³/mol. The molecule has 1 fully saturated rings. The summed E-state index contributed by atoms with van der Waals surface area (Å²) in [5, 5.41) is 13.8. The van der Waals surface area contributed by atoms with Gasteiger partial charge < -0.3 is 15.3 Å². The average Bonchev–Trinajstić information content (AvgIpc) is 2.55. The molecule has 0 radical (unpaired) electrons. The molecule has 1 saturated heterocycles. The molecule has 0 aliphatic carbocycles. The number of halogens is 1. The van der Waals surface area contributed by atoms with Gasteiger partial charge in [0.15, 0.2) is 5.96 Å². The zero-order chi connectivity index (χ0) is 15.7. The van der Waals surface area contributed by atoms with Crippen molar-refractivity contribution in [2.24, 2.45) is 10.4 Å². The Balaban J connectivity index is 0.00000441. The van der Waals surface area contributed by atoms with Crippen LogP contribution >= 0.6 is 35.7 Å². The molecule has 1 atom stereocenters. The first-order chi connectivity index (χ1) is 10.1. The number of guanidine groups is 1. The molecule has 0 saturated carbocycles. The summed E-state index contributed by atoms with van der Waals surface area (Å²) in [6, 6.07) is 0. The van der Waals surface area contributed by atoms with Crippen LogP contribution in [0.5, 0.6) is 0 Å². The lowest BCUT2D eigenvalue weighted by Crippen LogP contribution is -2.48. The van der Waals surface area contributed by atoms with Crippen molar-refractivity contribution in [1.82, 2.24) is 10.2 Å². The standard InChI is InChI=1S/C16H33N3OS.HI/c1-5-14-11-19(9-10-21-14)15(17-8-4)18-12-16(6-2,7-3)13-20;/h14,20H,5-13H2,1-4H3,(H,17,18);1H. The SMILES string of the molecule is CCNC(=NCC(CC)(CC)CO)N1CCSC(CC)C1.I. The Morgan fingerprint density at radius 2 is 2.00 bits per heavy atom. The van der Waals surface area contributed by atoms with Crippen LogP contribution in [0.1, 0.15) is 47.0 Å². The highest BCUT2D eigenvalue weighted by atomic mass is 127. The monoisotopic (exact) mass is 443 g/mol. The van der Waals surface area contributed by atoms with Crippen LogP contribution in [0.4, 0.5) is 0 Å². The number of hydrogen-bond acceptors (Lipinski definition) is 3. The van der Waals surface area contributed by atoms with Gasteiger partial charge in [-0.3, -0.25) is 4.99 Å². The van der Waals surface area contributed by atoms with Crippen molar-refractivity contribution >= 4 is 41.7 Å². The van der Waals surface area contributed by atoms with E-state index in [4.69, 9.17) is 4.99 Å². The molecule has 1 heterocycles. The topological polar surface area (TPSA) is 47.9 Å². The van der Waals surface area contributed by atoms with Crippen LogP contribution in [0, 0.1) is 5.41 Å². The maximum Gasteiger partial charge on any atom is 0.193 e. The highest BCUT2D eigenvalue weighted by Crippen LogP contribution is 2.26. The third kappa shape index (κ3) is 6.43. The molecule has 0 aromatic carbocycles. The Morgan fingerprint density at radius 1 is 1.32 bits per heavy atom. The molecule has 2 N–H and O–H groups in total. The molecule has 1 unspecified atom stereocenters. The Hall–Kier alpha value is 0.310. The lowest BCUT2D eigenvalue weighted by atomic mass is 9.83. The molecule has 132 valence electrons. The lowest BCUT2D eigenvalue weighted by molar-refractivity contribution is 0.123. The van der Waals surface area contributed by atoms with Crippen molar-refractivity contribution < 1.29 is 5.11 Å². The van der Waals surface area contributed by atoms with E-state index in [-0.39, 0.29) is 36.0 Å². The second-order valence-electron chi connectivity index (χ2n) is 5.88. The molecule has 1 aliphatic rings. The largest absolute Gasteiger partial charge is 0.396 e. The molecule has 0 aromatic rings. The minimum absolute atomic E-state index is 0. The van der Waals surface area contributed by atoms with Gasteiger partial charge in [0.2, 0.25) is 0 Å². The lowest BCUT2D eigenvalue weighted by Gasteiger charge is -2.35. The first-order valence-corrected chi connectivity index (χ1v) is 9.45. The Morgan fingerprint density at radius 3 is 2.50 bits per heavy atom. The quantitative estimate of drug-likeness (QED) is 0.361. The molecule has 22 heavy (non-hydrogen) atoms. The van der Waals surface area contributed by atoms with Gasteiger partial charge >= 0.3 is 0 Å². The third-order valence-electron chi connectivity index (χ3n) is 4.63. The predicted octanol–water partition coefficient (Wildman–Crippen LogP) is 3.20. The summed E-state index contributed by atoms with van der Waals surface area (Å²) >= 11 is 2.08. The minimum Gasteiger partial charge on any atom is -0.396 e. The Kier molecular flexibility index (Phi) is 12.0. The van der Waals surface area contributed by atoms with Crippen LogP contribution < -0.4 is 5.32 Å². The van der Waals surface area contributed by atoms with Crippen molar-refractivity contribution in [1.29, 1.82) is 0 Å². The molecule has 0 aromatic heterocycles. The second kappa shape index (κ2) is 11.8. The number of hydrogen-bond donors (Lipinski definition) is 2. The molecule has 0 spiro atoms. The van der Waals surface area contributed by atoms with Gasteiger partial charge in [-0.15, -0.1) is 24.0 Å². The first-order valence-electron chi connectivity index (χ1n) is 8.40. The van der Waals surface area contributed by atoms with Crippen LogP contribution in [-0.4, -0.2) is 59.8 Å². The summed E-state index contributed by atoms with van der Waals surface area (Å²) in [5.74, 6) is 2.20. The van der Waals surface area contributed by atoms with E-state index in [1.54, 1.807) is 0 Å². The van der Waals surface area contributed by atoms with Gasteiger partial charge in [0.1, 0.15) is 0 Å². The van der Waals surface area contributed by atoms with Crippen LogP contribution in [0.25, 0.3) is 0 Å². The van der Waals surface area contributed by atoms with Crippen LogP contribution in [0.2, 0.25) is 0 Å². The van der Waals surface area contributed by atoms with E-state index >= 15 is 0 Å². The smallest absolute Gasteiger partial charge is 0.193 e. The molecule has 0 bridgehead atoms. The maximum atomic E-state index is 9.70. The molecule has 1 rings (SSSR count). The van der Waals surface area contributed by atoms with Crippen molar-refractivity contribution in [3.8, 4) is 0 Å². The molecular weight excluding hydrogens is 409 g/mol. The van der Waals surface area contributed by atoms with Crippen molar-refractivity contribution in [2.45, 2.75) is 52.2 Å². The van der Waals surface area contributed by atoms with E-state index in [1.807, 2.05) is 0 Å². The fraction of sp³-hybridized carbons (Fsp3) is 0.938. The van der Waals surface area contributed by atoms with E-state index in [0.717, 1.165) is 38.4 Å². The summed E-state index contributed by atoms with van der Waals surface area (Å²) in [5.41, 5.74) is -0.0602. The van der Waals surface area contributed by atoms with E-state index in [0.29, 0.717) is 11.8 Å². The number of aliphatic hydroxyl groups is 1. The minimum atomic E-state index is -0.0602. The van der Waals surface area contributed by atoms with E-state index in [2.05, 4.69) is 49.7 Å². The second-order valence-corrected chi connectivity index (χ2v) is 7.29. The zero-order valence-electron chi connectivity index (χ0n) is 14.6. The van der Waals surface area contributed by atoms with Gasteiger partial charge in [-0.05, 0) is 26.2 Å². The fourth-order valence-corrected chi connectivity index (χ4v) is 3.75. The molecular formula is C16H34IN3OS. The number of nitrogens with one attached hydrogen (secondary N) is 1. The maximum absolute atomic E-state index is 9.70. The number of aliphatic imine (C=N–C) groups is 1. The van der Waals surface area contributed by atoms with Gasteiger partial charge in [0, 0.05) is 36.1 Å². The van der Waals surface area contributed by atoms with Gasteiger partial charge in [0.25, 0.3) is 0 Å². The van der Waals surface area contributed by atoms with Crippen LogP contribution in [0.15, 0.2) is 4.99 Å². The summed E-state index contributed by atoms with van der Waals surface area (Å²) in [6.45, 7) is 12.6. The van der Waals surface area contributed by atoms with E-state index in [1.165, 1.54) is 12.2 Å². The Labute approximate surface area is 157 Å². The number of rotatable bonds is 7. The number of thioether (sulfide) groups is 1. The molecule has 1 aliphatic heterocycles. The summed E-state index contributed by atoms with van der Waals surface area (Å²) in [4.78, 5) is 7.24. The van der Waals surface area contributed by atoms with Crippen molar-refractivity contribution in [2.75, 3.05) is 38.5 Å². The highest BCUT2D eigenvalue weighted by molar-refractivity contribution is 14.0. The third-order valence-corrected chi connectivity index (χ3v) is 6.00. The van der Waals surface area contributed by atoms with E-state index in [9.17, 15) is 5.11 Å². The molecule has 4 nitrogen and oxygen atoms in total. The first kappa shape index (κ1) is 22.3. The Bertz CT molecular complexity index is 316.